The van der Waals surface area contributed by atoms with Gasteiger partial charge < -0.3 is 15.8 Å². The van der Waals surface area contributed by atoms with Gasteiger partial charge >= 0.3 is 0 Å². The van der Waals surface area contributed by atoms with Crippen LogP contribution in [0.2, 0.25) is 0 Å². The molecule has 3 amide bonds. The quantitative estimate of drug-likeness (QED) is 0.228. The molecule has 0 radical (unpaired) electrons. The van der Waals surface area contributed by atoms with Crippen LogP contribution in [0.4, 0.5) is 0 Å². The molecule has 2 aliphatic rings. The standard InChI is InChI=1S/C21H27N7O3.C10H10N4O/c1-26-18-12-16(9-11-31-2)24-28(18)10-8-17(21(26)30)23-20(29)19-22-14-27(25-19)13-15-6-4-3-5-7-15;11-9(15)10-12-7-14(13-10)6-8-4-2-1-3-5-8/h3-7,12,14,16-17,24H,8-11,13H2,1-2H3,(H,23,29);1-5,7H,6H2,(H2,11,15). The van der Waals surface area contributed by atoms with Crippen LogP contribution in [0, 0.1) is 0 Å². The number of hydrogen-bond acceptors (Lipinski definition) is 10. The fourth-order valence-electron chi connectivity index (χ4n) is 5.02. The lowest BCUT2D eigenvalue weighted by atomic mass is 10.2. The van der Waals surface area contributed by atoms with Crippen molar-refractivity contribution in [2.45, 2.75) is 38.0 Å². The van der Waals surface area contributed by atoms with Gasteiger partial charge in [-0.25, -0.2) is 24.8 Å². The molecule has 2 aromatic heterocycles. The highest BCUT2D eigenvalue weighted by Crippen LogP contribution is 2.22. The van der Waals surface area contributed by atoms with Crippen LogP contribution in [-0.2, 0) is 22.6 Å². The Morgan fingerprint density at radius 1 is 0.957 bits per heavy atom. The van der Waals surface area contributed by atoms with E-state index in [-0.39, 0.29) is 23.6 Å². The zero-order valence-electron chi connectivity index (χ0n) is 25.7. The summed E-state index contributed by atoms with van der Waals surface area (Å²) in [6, 6.07) is 19.1. The summed E-state index contributed by atoms with van der Waals surface area (Å²) < 4.78 is 8.32. The van der Waals surface area contributed by atoms with E-state index in [9.17, 15) is 14.4 Å². The van der Waals surface area contributed by atoms with Crippen LogP contribution in [-0.4, -0.2) is 96.6 Å². The van der Waals surface area contributed by atoms with Crippen molar-refractivity contribution in [1.82, 2.24) is 50.2 Å². The first-order valence-electron chi connectivity index (χ1n) is 14.8. The van der Waals surface area contributed by atoms with Crippen molar-refractivity contribution in [3.05, 3.63) is 108 Å². The van der Waals surface area contributed by atoms with Gasteiger partial charge in [0.05, 0.1) is 19.1 Å². The zero-order chi connectivity index (χ0) is 32.5. The molecule has 0 aliphatic carbocycles. The number of nitrogens with one attached hydrogen (secondary N) is 2. The van der Waals surface area contributed by atoms with Crippen LogP contribution >= 0.6 is 0 Å². The number of amides is 3. The predicted molar refractivity (Wildman–Crippen MR) is 166 cm³/mol. The molecule has 2 aromatic carbocycles. The van der Waals surface area contributed by atoms with Crippen molar-refractivity contribution in [3.8, 4) is 0 Å². The van der Waals surface area contributed by atoms with Gasteiger partial charge in [0, 0.05) is 27.3 Å². The minimum Gasteiger partial charge on any atom is -0.385 e. The van der Waals surface area contributed by atoms with E-state index in [1.54, 1.807) is 28.4 Å². The summed E-state index contributed by atoms with van der Waals surface area (Å²) in [4.78, 5) is 45.9. The number of hydrazine groups is 1. The van der Waals surface area contributed by atoms with Crippen molar-refractivity contribution in [2.24, 2.45) is 5.73 Å². The summed E-state index contributed by atoms with van der Waals surface area (Å²) in [5.74, 6) is -0.338. The molecule has 0 spiro atoms. The molecular formula is C31H37N11O4. The number of carbonyl (C=O) groups excluding carboxylic acids is 3. The largest absolute Gasteiger partial charge is 0.385 e. The van der Waals surface area contributed by atoms with Gasteiger partial charge in [0.15, 0.2) is 0 Å². The van der Waals surface area contributed by atoms with Crippen molar-refractivity contribution in [3.63, 3.8) is 0 Å². The molecule has 0 bridgehead atoms. The highest BCUT2D eigenvalue weighted by Gasteiger charge is 2.36. The number of nitrogens with zero attached hydrogens (tertiary/aromatic N) is 8. The number of aromatic nitrogens is 6. The number of likely N-dealkylation sites (N-methyl/N-ethyl adjacent to an activating group) is 1. The number of ether oxygens (including phenoxy) is 1. The molecule has 1 fully saturated rings. The molecule has 240 valence electrons. The first kappa shape index (κ1) is 32.0. The second kappa shape index (κ2) is 15.0. The summed E-state index contributed by atoms with van der Waals surface area (Å²) in [5, 5.41) is 12.9. The molecular weight excluding hydrogens is 590 g/mol. The minimum atomic E-state index is -0.649. The maximum Gasteiger partial charge on any atom is 0.291 e. The van der Waals surface area contributed by atoms with E-state index in [2.05, 4.69) is 30.9 Å². The maximum absolute atomic E-state index is 13.0. The zero-order valence-corrected chi connectivity index (χ0v) is 25.7. The van der Waals surface area contributed by atoms with Crippen molar-refractivity contribution in [2.75, 3.05) is 27.3 Å². The molecule has 2 aliphatic heterocycles. The minimum absolute atomic E-state index is 0.0472. The lowest BCUT2D eigenvalue weighted by Crippen LogP contribution is -2.46. The molecule has 0 saturated carbocycles. The average molecular weight is 628 g/mol. The molecule has 15 nitrogen and oxygen atoms in total. The Hall–Kier alpha value is -5.41. The normalized spacial score (nSPS) is 17.4. The molecule has 2 unspecified atom stereocenters. The van der Waals surface area contributed by atoms with Gasteiger partial charge in [-0.3, -0.25) is 24.3 Å². The lowest BCUT2D eigenvalue weighted by molar-refractivity contribution is -0.130. The third-order valence-electron chi connectivity index (χ3n) is 7.37. The summed E-state index contributed by atoms with van der Waals surface area (Å²) >= 11 is 0. The number of benzene rings is 2. The Morgan fingerprint density at radius 2 is 1.54 bits per heavy atom. The smallest absolute Gasteiger partial charge is 0.291 e. The summed E-state index contributed by atoms with van der Waals surface area (Å²) in [7, 11) is 3.39. The Morgan fingerprint density at radius 3 is 2.11 bits per heavy atom. The molecule has 4 N–H and O–H groups in total. The van der Waals surface area contributed by atoms with Crippen LogP contribution in [0.25, 0.3) is 0 Å². The van der Waals surface area contributed by atoms with Crippen LogP contribution < -0.4 is 16.5 Å². The average Bonchev–Trinajstić information content (AvgIpc) is 3.82. The Balaban J connectivity index is 0.000000232. The van der Waals surface area contributed by atoms with Gasteiger partial charge in [-0.15, -0.1) is 10.2 Å². The number of methoxy groups -OCH3 is 1. The number of carbonyl (C=O) groups is 3. The second-order valence-electron chi connectivity index (χ2n) is 10.8. The summed E-state index contributed by atoms with van der Waals surface area (Å²) in [5.41, 5.74) is 10.6. The molecule has 2 atom stereocenters. The van der Waals surface area contributed by atoms with Crippen LogP contribution in [0.15, 0.2) is 85.2 Å². The summed E-state index contributed by atoms with van der Waals surface area (Å²) in [6.07, 6.45) is 6.33. The van der Waals surface area contributed by atoms with E-state index in [1.165, 1.54) is 12.7 Å². The molecule has 15 heteroatoms. The fraction of sp³-hybridized carbons (Fsp3) is 0.323. The third kappa shape index (κ3) is 8.19. The lowest BCUT2D eigenvalue weighted by Gasteiger charge is -2.25. The topological polar surface area (TPSA) is 178 Å². The van der Waals surface area contributed by atoms with Gasteiger partial charge in [-0.2, -0.15) is 0 Å². The fourth-order valence-corrected chi connectivity index (χ4v) is 5.02. The second-order valence-corrected chi connectivity index (χ2v) is 10.8. The van der Waals surface area contributed by atoms with Gasteiger partial charge in [0.25, 0.3) is 17.7 Å². The SMILES string of the molecule is COCCC1C=C2N(CCC(NC(=O)c3ncn(Cc4ccccc4)n3)C(=O)N2C)N1.NC(=O)c1ncn(Cc2ccccc2)n1. The van der Waals surface area contributed by atoms with E-state index < -0.39 is 17.9 Å². The third-order valence-corrected chi connectivity index (χ3v) is 7.37. The Bertz CT molecular complexity index is 1650. The molecule has 4 heterocycles. The van der Waals surface area contributed by atoms with Crippen molar-refractivity contribution < 1.29 is 19.1 Å². The molecule has 4 aromatic rings. The maximum atomic E-state index is 13.0. The number of rotatable bonds is 10. The Labute approximate surface area is 266 Å². The molecule has 6 rings (SSSR count). The predicted octanol–water partition coefficient (Wildman–Crippen LogP) is 0.779. The Kier molecular flexibility index (Phi) is 10.5. The number of fused-ring (bicyclic) bond motifs is 1. The van der Waals surface area contributed by atoms with Crippen LogP contribution in [0.1, 0.15) is 45.2 Å². The highest BCUT2D eigenvalue weighted by atomic mass is 16.5. The van der Waals surface area contributed by atoms with E-state index in [0.29, 0.717) is 32.7 Å². The van der Waals surface area contributed by atoms with E-state index >= 15 is 0 Å². The molecule has 1 saturated heterocycles. The van der Waals surface area contributed by atoms with Gasteiger partial charge in [0.1, 0.15) is 24.5 Å². The van der Waals surface area contributed by atoms with Crippen molar-refractivity contribution in [1.29, 1.82) is 0 Å². The van der Waals surface area contributed by atoms with E-state index in [0.717, 1.165) is 23.4 Å². The molecule has 46 heavy (non-hydrogen) atoms. The van der Waals surface area contributed by atoms with E-state index in [4.69, 9.17) is 10.5 Å². The first-order valence-corrected chi connectivity index (χ1v) is 14.8. The van der Waals surface area contributed by atoms with Crippen LogP contribution in [0.3, 0.4) is 0 Å². The summed E-state index contributed by atoms with van der Waals surface area (Å²) in [6.45, 7) is 2.33. The monoisotopic (exact) mass is 627 g/mol. The highest BCUT2D eigenvalue weighted by molar-refractivity contribution is 5.95. The van der Waals surface area contributed by atoms with Crippen LogP contribution in [0.5, 0.6) is 0 Å². The van der Waals surface area contributed by atoms with Gasteiger partial charge in [-0.05, 0) is 30.0 Å². The van der Waals surface area contributed by atoms with Crippen molar-refractivity contribution >= 4 is 17.7 Å². The number of primary amides is 1. The van der Waals surface area contributed by atoms with Gasteiger partial charge in [0.2, 0.25) is 11.6 Å². The number of nitrogens with two attached hydrogens (primary N) is 1. The van der Waals surface area contributed by atoms with E-state index in [1.807, 2.05) is 71.7 Å². The van der Waals surface area contributed by atoms with Gasteiger partial charge in [-0.1, -0.05) is 60.7 Å². The first-order chi connectivity index (χ1) is 22.3. The number of hydrogen-bond donors (Lipinski definition) is 3.